The van der Waals surface area contributed by atoms with Crippen LogP contribution in [0.1, 0.15) is 27.7 Å². The summed E-state index contributed by atoms with van der Waals surface area (Å²) < 4.78 is 34.0. The summed E-state index contributed by atoms with van der Waals surface area (Å²) in [4.78, 5) is 22.6. The van der Waals surface area contributed by atoms with Gasteiger partial charge in [0.25, 0.3) is 10.0 Å². The molecule has 4 aromatic rings. The van der Waals surface area contributed by atoms with Gasteiger partial charge < -0.3 is 10.1 Å². The molecule has 0 aliphatic carbocycles. The second-order valence-electron chi connectivity index (χ2n) is 6.91. The van der Waals surface area contributed by atoms with Crippen molar-refractivity contribution in [3.05, 3.63) is 56.7 Å². The molecule has 0 spiro atoms. The molecule has 2 N–H and O–H groups in total. The molecule has 4 rings (SSSR count). The van der Waals surface area contributed by atoms with Crippen LogP contribution in [0.5, 0.6) is 0 Å². The van der Waals surface area contributed by atoms with Crippen molar-refractivity contribution in [1.29, 1.82) is 0 Å². The number of ether oxygens (including phenoxy) is 1. The van der Waals surface area contributed by atoms with Crippen molar-refractivity contribution in [2.24, 2.45) is 0 Å². The number of fused-ring (bicyclic) bond motifs is 1. The van der Waals surface area contributed by atoms with Crippen molar-refractivity contribution in [3.8, 4) is 0 Å². The van der Waals surface area contributed by atoms with E-state index < -0.39 is 16.0 Å². The van der Waals surface area contributed by atoms with Crippen molar-refractivity contribution in [2.45, 2.75) is 25.0 Å². The molecule has 0 aliphatic heterocycles. The average Bonchev–Trinajstić information content (AvgIpc) is 3.32. The molecule has 1 aromatic carbocycles. The lowest BCUT2D eigenvalue weighted by Gasteiger charge is -2.13. The van der Waals surface area contributed by atoms with Crippen LogP contribution in [-0.4, -0.2) is 31.0 Å². The Labute approximate surface area is 203 Å². The first kappa shape index (κ1) is 23.4. The maximum atomic E-state index is 12.9. The van der Waals surface area contributed by atoms with Crippen molar-refractivity contribution in [2.75, 3.05) is 16.6 Å². The van der Waals surface area contributed by atoms with Gasteiger partial charge >= 0.3 is 5.97 Å². The first-order valence-electron chi connectivity index (χ1n) is 9.78. The quantitative estimate of drug-likeness (QED) is 0.297. The first-order chi connectivity index (χ1) is 15.7. The van der Waals surface area contributed by atoms with Crippen LogP contribution >= 0.6 is 34.3 Å². The highest BCUT2D eigenvalue weighted by molar-refractivity contribution is 7.94. The molecule has 0 atom stereocenters. The van der Waals surface area contributed by atoms with E-state index >= 15 is 0 Å². The Morgan fingerprint density at radius 2 is 1.73 bits per heavy atom. The highest BCUT2D eigenvalue weighted by Gasteiger charge is 2.24. The smallest absolute Gasteiger partial charge is 0.341 e. The van der Waals surface area contributed by atoms with E-state index in [0.29, 0.717) is 25.9 Å². The van der Waals surface area contributed by atoms with Crippen molar-refractivity contribution < 1.29 is 17.9 Å². The van der Waals surface area contributed by atoms with E-state index in [1.54, 1.807) is 25.1 Å². The number of esters is 1. The third-order valence-electron chi connectivity index (χ3n) is 4.71. The summed E-state index contributed by atoms with van der Waals surface area (Å²) in [5.41, 5.74) is 2.23. The molecule has 33 heavy (non-hydrogen) atoms. The van der Waals surface area contributed by atoms with Crippen LogP contribution in [0.2, 0.25) is 4.34 Å². The lowest BCUT2D eigenvalue weighted by molar-refractivity contribution is 0.0527. The van der Waals surface area contributed by atoms with E-state index in [2.05, 4.69) is 20.0 Å². The number of rotatable bonds is 7. The number of halogens is 1. The van der Waals surface area contributed by atoms with Gasteiger partial charge in [-0.25, -0.2) is 23.2 Å². The molecule has 0 unspecified atom stereocenters. The molecule has 8 nitrogen and oxygen atoms in total. The molecular weight excluding hydrogens is 504 g/mol. The van der Waals surface area contributed by atoms with Crippen LogP contribution in [0, 0.1) is 13.8 Å². The van der Waals surface area contributed by atoms with Gasteiger partial charge in [0.1, 0.15) is 9.21 Å². The van der Waals surface area contributed by atoms with Gasteiger partial charge in [-0.05, 0) is 50.6 Å². The summed E-state index contributed by atoms with van der Waals surface area (Å²) in [6.07, 6.45) is 0. The fourth-order valence-corrected chi connectivity index (χ4v) is 6.59. The minimum Gasteiger partial charge on any atom is -0.462 e. The molecule has 0 amide bonds. The molecule has 0 bridgehead atoms. The number of aromatic nitrogens is 2. The number of anilines is 3. The number of hydrogen-bond donors (Lipinski definition) is 2. The van der Waals surface area contributed by atoms with E-state index in [1.165, 1.54) is 23.5 Å². The molecule has 12 heteroatoms. The molecule has 3 aromatic heterocycles. The zero-order chi connectivity index (χ0) is 23.8. The van der Waals surface area contributed by atoms with Gasteiger partial charge in [0, 0.05) is 4.88 Å². The highest BCUT2D eigenvalue weighted by Crippen LogP contribution is 2.37. The minimum atomic E-state index is -3.96. The van der Waals surface area contributed by atoms with E-state index in [4.69, 9.17) is 16.3 Å². The Bertz CT molecular complexity index is 1460. The molecule has 0 radical (unpaired) electrons. The van der Waals surface area contributed by atoms with Gasteiger partial charge in [0.05, 0.1) is 27.5 Å². The molecule has 0 saturated carbocycles. The summed E-state index contributed by atoms with van der Waals surface area (Å²) in [5.74, 6) is -0.311. The molecular formula is C21H19ClN4O4S3. The predicted molar refractivity (Wildman–Crippen MR) is 133 cm³/mol. The number of nitrogens with one attached hydrogen (secondary N) is 2. The highest BCUT2D eigenvalue weighted by atomic mass is 35.5. The maximum Gasteiger partial charge on any atom is 0.341 e. The van der Waals surface area contributed by atoms with Gasteiger partial charge in [0.2, 0.25) is 0 Å². The number of benzene rings is 1. The fraction of sp³-hybridized carbons (Fsp3) is 0.190. The monoisotopic (exact) mass is 522 g/mol. The Morgan fingerprint density at radius 1 is 1.06 bits per heavy atom. The Balaban J connectivity index is 1.81. The average molecular weight is 523 g/mol. The van der Waals surface area contributed by atoms with Crippen LogP contribution in [0.15, 0.2) is 40.6 Å². The molecule has 0 fully saturated rings. The number of carbonyl (C=O) groups excluding carboxylic acids is 1. The SMILES string of the molecule is CCOC(=O)c1c(Nc2nc3ccccc3nc2NS(=O)(=O)c2ccc(Cl)s2)sc(C)c1C. The van der Waals surface area contributed by atoms with Gasteiger partial charge in [-0.2, -0.15) is 0 Å². The molecule has 0 saturated heterocycles. The fourth-order valence-electron chi connectivity index (χ4n) is 3.05. The molecule has 0 aliphatic rings. The van der Waals surface area contributed by atoms with E-state index in [0.717, 1.165) is 21.8 Å². The second-order valence-corrected chi connectivity index (χ2v) is 11.8. The number of hydrogen-bond acceptors (Lipinski definition) is 9. The maximum absolute atomic E-state index is 12.9. The van der Waals surface area contributed by atoms with Gasteiger partial charge in [-0.15, -0.1) is 22.7 Å². The van der Waals surface area contributed by atoms with Crippen LogP contribution in [0.3, 0.4) is 0 Å². The summed E-state index contributed by atoms with van der Waals surface area (Å²) in [6.45, 7) is 5.69. The number of para-hydroxylation sites is 2. The summed E-state index contributed by atoms with van der Waals surface area (Å²) in [7, 11) is -3.96. The number of thiophene rings is 2. The van der Waals surface area contributed by atoms with Crippen molar-refractivity contribution in [1.82, 2.24) is 9.97 Å². The van der Waals surface area contributed by atoms with Crippen LogP contribution < -0.4 is 10.0 Å². The summed E-state index contributed by atoms with van der Waals surface area (Å²) in [6, 6.07) is 10.0. The third kappa shape index (κ3) is 4.81. The van der Waals surface area contributed by atoms with E-state index in [1.807, 2.05) is 19.9 Å². The summed E-state index contributed by atoms with van der Waals surface area (Å²) in [5, 5.41) is 3.60. The van der Waals surface area contributed by atoms with Crippen LogP contribution in [0.25, 0.3) is 11.0 Å². The zero-order valence-corrected chi connectivity index (χ0v) is 21.0. The first-order valence-corrected chi connectivity index (χ1v) is 13.3. The van der Waals surface area contributed by atoms with Crippen LogP contribution in [0.4, 0.5) is 16.6 Å². The zero-order valence-electron chi connectivity index (χ0n) is 17.8. The van der Waals surface area contributed by atoms with Crippen molar-refractivity contribution in [3.63, 3.8) is 0 Å². The van der Waals surface area contributed by atoms with Crippen molar-refractivity contribution >= 4 is 77.9 Å². The van der Waals surface area contributed by atoms with E-state index in [-0.39, 0.29) is 22.5 Å². The molecule has 3 heterocycles. The standard InChI is InChI=1S/C21H19ClN4O4S3/c1-4-30-21(27)17-11(2)12(3)31-20(17)25-18-19(24-14-8-6-5-7-13(14)23-18)26-33(28,29)16-10-9-15(22)32-16/h5-10H,4H2,1-3H3,(H,23,25)(H,24,26). The number of nitrogens with zero attached hydrogens (tertiary/aromatic N) is 2. The topological polar surface area (TPSA) is 110 Å². The van der Waals surface area contributed by atoms with Crippen LogP contribution in [-0.2, 0) is 14.8 Å². The van der Waals surface area contributed by atoms with Gasteiger partial charge in [-0.1, -0.05) is 23.7 Å². The Morgan fingerprint density at radius 3 is 2.33 bits per heavy atom. The lowest BCUT2D eigenvalue weighted by Crippen LogP contribution is -2.15. The second kappa shape index (κ2) is 9.26. The van der Waals surface area contributed by atoms with Gasteiger partial charge in [0.15, 0.2) is 11.6 Å². The Kier molecular flexibility index (Phi) is 6.57. The van der Waals surface area contributed by atoms with Gasteiger partial charge in [-0.3, -0.25) is 4.72 Å². The number of carbonyl (C=O) groups is 1. The third-order valence-corrected chi connectivity index (χ3v) is 8.90. The number of sulfonamides is 1. The molecule has 172 valence electrons. The predicted octanol–water partition coefficient (Wildman–Crippen LogP) is 5.74. The largest absolute Gasteiger partial charge is 0.462 e. The number of aryl methyl sites for hydroxylation is 1. The summed E-state index contributed by atoms with van der Waals surface area (Å²) >= 11 is 8.20. The van der Waals surface area contributed by atoms with E-state index in [9.17, 15) is 13.2 Å². The normalized spacial score (nSPS) is 11.5. The Hall–Kier alpha value is -2.73. The lowest BCUT2D eigenvalue weighted by atomic mass is 10.1. The minimum absolute atomic E-state index is 0.00302.